The monoisotopic (exact) mass is 330 g/mol. The van der Waals surface area contributed by atoms with Gasteiger partial charge in [0.2, 0.25) is 5.91 Å². The zero-order chi connectivity index (χ0) is 13.1. The molecule has 0 unspecified atom stereocenters. The van der Waals surface area contributed by atoms with E-state index in [9.17, 15) is 4.79 Å². The van der Waals surface area contributed by atoms with Crippen LogP contribution in [-0.4, -0.2) is 37.0 Å². The highest BCUT2D eigenvalue weighted by atomic mass is 79.9. The van der Waals surface area contributed by atoms with Crippen LogP contribution in [0.3, 0.4) is 0 Å². The Balaban J connectivity index is 2.03. The van der Waals surface area contributed by atoms with Gasteiger partial charge in [-0.15, -0.1) is 0 Å². The molecule has 0 aliphatic carbocycles. The first-order valence-corrected chi connectivity index (χ1v) is 7.26. The summed E-state index contributed by atoms with van der Waals surface area (Å²) in [6.07, 6.45) is 0.582. The molecule has 0 aromatic heterocycles. The van der Waals surface area contributed by atoms with Crippen molar-refractivity contribution in [2.24, 2.45) is 0 Å². The second-order valence-corrected chi connectivity index (χ2v) is 5.64. The van der Waals surface area contributed by atoms with Crippen molar-refractivity contribution in [1.82, 2.24) is 4.90 Å². The predicted molar refractivity (Wildman–Crippen MR) is 78.2 cm³/mol. The summed E-state index contributed by atoms with van der Waals surface area (Å²) in [7, 11) is 0. The van der Waals surface area contributed by atoms with Gasteiger partial charge in [0.25, 0.3) is 0 Å². The molecule has 2 rings (SSSR count). The number of carbonyl (C=O) groups is 1. The van der Waals surface area contributed by atoms with Crippen LogP contribution >= 0.6 is 27.5 Å². The highest BCUT2D eigenvalue weighted by molar-refractivity contribution is 9.10. The average molecular weight is 332 g/mol. The van der Waals surface area contributed by atoms with Crippen molar-refractivity contribution in [2.45, 2.75) is 13.3 Å². The van der Waals surface area contributed by atoms with Crippen LogP contribution in [0.15, 0.2) is 22.7 Å². The van der Waals surface area contributed by atoms with Gasteiger partial charge in [0.1, 0.15) is 0 Å². The predicted octanol–water partition coefficient (Wildman–Crippen LogP) is 3.16. The fraction of sp³-hybridized carbons (Fsp3) is 0.462. The summed E-state index contributed by atoms with van der Waals surface area (Å²) in [5.74, 6) is 0.233. The largest absolute Gasteiger partial charge is 0.367 e. The molecule has 0 N–H and O–H groups in total. The molecule has 1 aromatic carbocycles. The number of anilines is 1. The fourth-order valence-electron chi connectivity index (χ4n) is 2.16. The number of hydrogen-bond donors (Lipinski definition) is 0. The van der Waals surface area contributed by atoms with E-state index in [1.165, 1.54) is 0 Å². The van der Waals surface area contributed by atoms with Crippen molar-refractivity contribution in [1.29, 1.82) is 0 Å². The maximum absolute atomic E-state index is 11.6. The summed E-state index contributed by atoms with van der Waals surface area (Å²) >= 11 is 9.64. The number of piperazine rings is 1. The lowest BCUT2D eigenvalue weighted by atomic mass is 10.2. The molecular formula is C13H16BrClN2O. The first kappa shape index (κ1) is 13.7. The number of halogens is 2. The lowest BCUT2D eigenvalue weighted by molar-refractivity contribution is -0.131. The van der Waals surface area contributed by atoms with Crippen molar-refractivity contribution in [3.05, 3.63) is 27.7 Å². The molecule has 0 spiro atoms. The molecule has 98 valence electrons. The van der Waals surface area contributed by atoms with Gasteiger partial charge in [-0.1, -0.05) is 34.5 Å². The maximum atomic E-state index is 11.6. The molecule has 1 heterocycles. The summed E-state index contributed by atoms with van der Waals surface area (Å²) in [4.78, 5) is 15.7. The molecule has 3 nitrogen and oxygen atoms in total. The number of amides is 1. The van der Waals surface area contributed by atoms with Crippen LogP contribution in [-0.2, 0) is 4.79 Å². The van der Waals surface area contributed by atoms with Gasteiger partial charge in [-0.25, -0.2) is 0 Å². The van der Waals surface area contributed by atoms with Crippen molar-refractivity contribution in [3.8, 4) is 0 Å². The minimum atomic E-state index is 0.233. The average Bonchev–Trinajstić information content (AvgIpc) is 2.38. The molecule has 1 aliphatic heterocycles. The van der Waals surface area contributed by atoms with Gasteiger partial charge < -0.3 is 9.80 Å². The topological polar surface area (TPSA) is 23.6 Å². The molecule has 1 amide bonds. The number of benzene rings is 1. The van der Waals surface area contributed by atoms with Crippen molar-refractivity contribution < 1.29 is 4.79 Å². The van der Waals surface area contributed by atoms with Crippen LogP contribution in [0.5, 0.6) is 0 Å². The molecule has 0 atom stereocenters. The second kappa shape index (κ2) is 5.93. The van der Waals surface area contributed by atoms with Crippen LogP contribution in [0.25, 0.3) is 0 Å². The molecule has 0 saturated carbocycles. The molecule has 1 aromatic rings. The first-order valence-electron chi connectivity index (χ1n) is 6.09. The highest BCUT2D eigenvalue weighted by Crippen LogP contribution is 2.29. The molecule has 0 radical (unpaired) electrons. The Morgan fingerprint density at radius 1 is 1.33 bits per heavy atom. The van der Waals surface area contributed by atoms with Gasteiger partial charge in [0.15, 0.2) is 0 Å². The number of carbonyl (C=O) groups excluding carboxylic acids is 1. The standard InChI is InChI=1S/C13H16BrClN2O/c1-2-13(18)17-7-5-16(6-8-17)12-4-3-10(14)9-11(12)15/h3-4,9H,2,5-8H2,1H3. The van der Waals surface area contributed by atoms with E-state index >= 15 is 0 Å². The smallest absolute Gasteiger partial charge is 0.222 e. The van der Waals surface area contributed by atoms with E-state index in [0.717, 1.165) is 41.4 Å². The van der Waals surface area contributed by atoms with Crippen molar-refractivity contribution in [2.75, 3.05) is 31.1 Å². The Labute approximate surface area is 121 Å². The Morgan fingerprint density at radius 3 is 2.56 bits per heavy atom. The van der Waals surface area contributed by atoms with Crippen LogP contribution in [0.4, 0.5) is 5.69 Å². The fourth-order valence-corrected chi connectivity index (χ4v) is 2.95. The SMILES string of the molecule is CCC(=O)N1CCN(c2ccc(Br)cc2Cl)CC1. The molecule has 1 fully saturated rings. The summed E-state index contributed by atoms with van der Waals surface area (Å²) in [5, 5.41) is 0.750. The lowest BCUT2D eigenvalue weighted by Crippen LogP contribution is -2.48. The molecule has 0 bridgehead atoms. The van der Waals surface area contributed by atoms with Crippen LogP contribution in [0.1, 0.15) is 13.3 Å². The number of hydrogen-bond acceptors (Lipinski definition) is 2. The van der Waals surface area contributed by atoms with E-state index in [1.807, 2.05) is 30.0 Å². The summed E-state index contributed by atoms with van der Waals surface area (Å²) in [6, 6.07) is 5.91. The molecule has 1 saturated heterocycles. The summed E-state index contributed by atoms with van der Waals surface area (Å²) < 4.78 is 0.982. The summed E-state index contributed by atoms with van der Waals surface area (Å²) in [6.45, 7) is 5.14. The Bertz CT molecular complexity index is 445. The Hall–Kier alpha value is -0.740. The normalized spacial score (nSPS) is 15.9. The minimum Gasteiger partial charge on any atom is -0.367 e. The molecular weight excluding hydrogens is 316 g/mol. The van der Waals surface area contributed by atoms with Gasteiger partial charge >= 0.3 is 0 Å². The van der Waals surface area contributed by atoms with Gasteiger partial charge in [-0.05, 0) is 18.2 Å². The van der Waals surface area contributed by atoms with E-state index in [0.29, 0.717) is 6.42 Å². The molecule has 18 heavy (non-hydrogen) atoms. The maximum Gasteiger partial charge on any atom is 0.222 e. The van der Waals surface area contributed by atoms with E-state index in [2.05, 4.69) is 20.8 Å². The van der Waals surface area contributed by atoms with E-state index < -0.39 is 0 Å². The van der Waals surface area contributed by atoms with Crippen molar-refractivity contribution in [3.63, 3.8) is 0 Å². The third-order valence-electron chi connectivity index (χ3n) is 3.19. The van der Waals surface area contributed by atoms with E-state index in [4.69, 9.17) is 11.6 Å². The number of nitrogens with zero attached hydrogens (tertiary/aromatic N) is 2. The van der Waals surface area contributed by atoms with Gasteiger partial charge in [0, 0.05) is 37.1 Å². The lowest BCUT2D eigenvalue weighted by Gasteiger charge is -2.36. The van der Waals surface area contributed by atoms with Crippen molar-refractivity contribution >= 4 is 39.1 Å². The third-order valence-corrected chi connectivity index (χ3v) is 3.98. The van der Waals surface area contributed by atoms with E-state index in [-0.39, 0.29) is 5.91 Å². The minimum absolute atomic E-state index is 0.233. The Morgan fingerprint density at radius 2 is 2.00 bits per heavy atom. The quantitative estimate of drug-likeness (QED) is 0.831. The van der Waals surface area contributed by atoms with Crippen LogP contribution in [0, 0.1) is 0 Å². The van der Waals surface area contributed by atoms with Crippen LogP contribution < -0.4 is 4.90 Å². The van der Waals surface area contributed by atoms with E-state index in [1.54, 1.807) is 0 Å². The summed E-state index contributed by atoms with van der Waals surface area (Å²) in [5.41, 5.74) is 1.04. The zero-order valence-corrected chi connectivity index (χ0v) is 12.7. The second-order valence-electron chi connectivity index (χ2n) is 4.32. The zero-order valence-electron chi connectivity index (χ0n) is 10.3. The number of rotatable bonds is 2. The third kappa shape index (κ3) is 2.98. The highest BCUT2D eigenvalue weighted by Gasteiger charge is 2.21. The van der Waals surface area contributed by atoms with Gasteiger partial charge in [-0.3, -0.25) is 4.79 Å². The van der Waals surface area contributed by atoms with Crippen LogP contribution in [0.2, 0.25) is 5.02 Å². The van der Waals surface area contributed by atoms with Gasteiger partial charge in [-0.2, -0.15) is 0 Å². The molecule has 5 heteroatoms. The van der Waals surface area contributed by atoms with Gasteiger partial charge in [0.05, 0.1) is 10.7 Å². The first-order chi connectivity index (χ1) is 8.61. The Kier molecular flexibility index (Phi) is 4.51. The molecule has 1 aliphatic rings.